The van der Waals surface area contributed by atoms with Gasteiger partial charge in [0.2, 0.25) is 5.95 Å². The molecule has 10 nitrogen and oxygen atoms in total. The largest absolute Gasteiger partial charge is 0.370 e. The van der Waals surface area contributed by atoms with Crippen LogP contribution in [0, 0.1) is 11.3 Å². The predicted molar refractivity (Wildman–Crippen MR) is 149 cm³/mol. The van der Waals surface area contributed by atoms with Crippen molar-refractivity contribution in [3.05, 3.63) is 48.3 Å². The van der Waals surface area contributed by atoms with Crippen LogP contribution in [0.2, 0.25) is 0 Å². The minimum Gasteiger partial charge on any atom is -0.370 e. The number of aromatic nitrogens is 3. The molecule has 1 aromatic carbocycles. The van der Waals surface area contributed by atoms with Gasteiger partial charge in [-0.15, -0.1) is 0 Å². The number of nitriles is 1. The van der Waals surface area contributed by atoms with Gasteiger partial charge in [-0.2, -0.15) is 10.2 Å². The first kappa shape index (κ1) is 24.8. The summed E-state index contributed by atoms with van der Waals surface area (Å²) in [6, 6.07) is 12.3. The van der Waals surface area contributed by atoms with Gasteiger partial charge in [-0.25, -0.2) is 4.98 Å². The fraction of sp³-hybridized carbons (Fsp3) is 0.500. The molecule has 2 aromatic heterocycles. The molecule has 0 bridgehead atoms. The molecule has 0 aliphatic carbocycles. The summed E-state index contributed by atoms with van der Waals surface area (Å²) in [6.07, 6.45) is 3.89. The van der Waals surface area contributed by atoms with E-state index >= 15 is 0 Å². The Balaban J connectivity index is 1.09. The lowest BCUT2D eigenvalue weighted by molar-refractivity contribution is -0.0327. The molecule has 198 valence electrons. The first-order valence-electron chi connectivity index (χ1n) is 13.6. The summed E-state index contributed by atoms with van der Waals surface area (Å²) in [6.45, 7) is 12.4. The van der Waals surface area contributed by atoms with Gasteiger partial charge in [-0.1, -0.05) is 0 Å². The lowest BCUT2D eigenvalue weighted by atomic mass is 10.1. The number of piperazine rings is 2. The first-order chi connectivity index (χ1) is 18.7. The molecule has 6 rings (SSSR count). The minimum absolute atomic E-state index is 0.117. The summed E-state index contributed by atoms with van der Waals surface area (Å²) in [4.78, 5) is 23.5. The molecule has 3 aliphatic rings. The van der Waals surface area contributed by atoms with Crippen molar-refractivity contribution in [1.82, 2.24) is 25.2 Å². The topological polar surface area (TPSA) is 96.7 Å². The molecular weight excluding hydrogens is 478 g/mol. The van der Waals surface area contributed by atoms with Gasteiger partial charge in [0.05, 0.1) is 23.3 Å². The van der Waals surface area contributed by atoms with Crippen LogP contribution in [-0.2, 0) is 4.74 Å². The van der Waals surface area contributed by atoms with E-state index in [-0.39, 0.29) is 12.2 Å². The van der Waals surface area contributed by atoms with Crippen LogP contribution in [0.15, 0.2) is 42.7 Å². The number of pyridine rings is 1. The zero-order valence-corrected chi connectivity index (χ0v) is 22.0. The maximum absolute atomic E-state index is 9.52. The van der Waals surface area contributed by atoms with Crippen molar-refractivity contribution in [3.63, 3.8) is 0 Å². The van der Waals surface area contributed by atoms with Crippen LogP contribution >= 0.6 is 0 Å². The Morgan fingerprint density at radius 3 is 2.61 bits per heavy atom. The Labute approximate surface area is 223 Å². The molecular formula is C28H35N9O. The summed E-state index contributed by atoms with van der Waals surface area (Å²) in [5.41, 5.74) is 2.51. The minimum atomic E-state index is 0.117. The number of rotatable bonds is 5. The van der Waals surface area contributed by atoms with Gasteiger partial charge in [-0.3, -0.25) is 9.88 Å². The van der Waals surface area contributed by atoms with E-state index in [2.05, 4.69) is 60.0 Å². The zero-order valence-electron chi connectivity index (χ0n) is 22.0. The SMILES string of the molecule is C[C@@H]1CN(c2ccc(C#N)c3ncccc23)C[C@H](CN2CCN(c3ccnc(N4CCNCC4)n3)CC2)O1. The molecule has 1 N–H and O–H groups in total. The highest BCUT2D eigenvalue weighted by atomic mass is 16.5. The lowest BCUT2D eigenvalue weighted by Crippen LogP contribution is -2.54. The van der Waals surface area contributed by atoms with Gasteiger partial charge in [-0.05, 0) is 37.3 Å². The van der Waals surface area contributed by atoms with Crippen molar-refractivity contribution >= 4 is 28.4 Å². The quantitative estimate of drug-likeness (QED) is 0.543. The molecule has 0 amide bonds. The molecule has 3 fully saturated rings. The number of ether oxygens (including phenoxy) is 1. The summed E-state index contributed by atoms with van der Waals surface area (Å²) >= 11 is 0. The number of morpholine rings is 1. The van der Waals surface area contributed by atoms with Crippen LogP contribution in [-0.4, -0.2) is 104 Å². The van der Waals surface area contributed by atoms with Gasteiger partial charge in [0.1, 0.15) is 11.9 Å². The number of fused-ring (bicyclic) bond motifs is 1. The van der Waals surface area contributed by atoms with E-state index in [1.54, 1.807) is 6.20 Å². The van der Waals surface area contributed by atoms with Crippen LogP contribution in [0.3, 0.4) is 0 Å². The molecule has 38 heavy (non-hydrogen) atoms. The van der Waals surface area contributed by atoms with Crippen molar-refractivity contribution in [2.45, 2.75) is 19.1 Å². The average Bonchev–Trinajstić information content (AvgIpc) is 2.97. The molecule has 0 unspecified atom stereocenters. The highest BCUT2D eigenvalue weighted by molar-refractivity contribution is 5.95. The average molecular weight is 514 g/mol. The molecule has 5 heterocycles. The Morgan fingerprint density at radius 2 is 1.79 bits per heavy atom. The van der Waals surface area contributed by atoms with E-state index in [0.717, 1.165) is 100 Å². The smallest absolute Gasteiger partial charge is 0.227 e. The molecule has 0 saturated carbocycles. The Bertz CT molecular complexity index is 1300. The second-order valence-corrected chi connectivity index (χ2v) is 10.4. The van der Waals surface area contributed by atoms with Crippen molar-refractivity contribution in [3.8, 4) is 6.07 Å². The third-order valence-corrected chi connectivity index (χ3v) is 7.72. The fourth-order valence-corrected chi connectivity index (χ4v) is 5.85. The van der Waals surface area contributed by atoms with E-state index < -0.39 is 0 Å². The predicted octanol–water partition coefficient (Wildman–Crippen LogP) is 1.72. The van der Waals surface area contributed by atoms with Gasteiger partial charge in [0.15, 0.2) is 0 Å². The van der Waals surface area contributed by atoms with E-state index in [1.807, 2.05) is 24.4 Å². The third kappa shape index (κ3) is 5.23. The molecule has 10 heteroatoms. The summed E-state index contributed by atoms with van der Waals surface area (Å²) < 4.78 is 6.40. The number of benzene rings is 1. The van der Waals surface area contributed by atoms with E-state index in [0.29, 0.717) is 5.56 Å². The second-order valence-electron chi connectivity index (χ2n) is 10.4. The number of anilines is 3. The zero-order chi connectivity index (χ0) is 25.9. The standard InChI is InChI=1S/C28H35N9O/c1-21-18-37(25-5-4-22(17-29)27-24(25)3-2-7-31-27)20-23(38-21)19-34-13-15-35(16-14-34)26-6-8-32-28(33-26)36-11-9-30-10-12-36/h2-8,21,23,30H,9-16,18-20H2,1H3/t21-,23+/m1/s1. The number of hydrogen-bond donors (Lipinski definition) is 1. The first-order valence-corrected chi connectivity index (χ1v) is 13.6. The lowest BCUT2D eigenvalue weighted by Gasteiger charge is -2.42. The number of nitrogens with zero attached hydrogens (tertiary/aromatic N) is 8. The van der Waals surface area contributed by atoms with Crippen LogP contribution in [0.4, 0.5) is 17.5 Å². The van der Waals surface area contributed by atoms with Crippen LogP contribution in [0.1, 0.15) is 12.5 Å². The van der Waals surface area contributed by atoms with Crippen LogP contribution < -0.4 is 20.0 Å². The monoisotopic (exact) mass is 513 g/mol. The van der Waals surface area contributed by atoms with Crippen molar-refractivity contribution < 1.29 is 4.74 Å². The maximum Gasteiger partial charge on any atom is 0.227 e. The molecule has 2 atom stereocenters. The van der Waals surface area contributed by atoms with Gasteiger partial charge >= 0.3 is 0 Å². The fourth-order valence-electron chi connectivity index (χ4n) is 5.85. The van der Waals surface area contributed by atoms with Crippen molar-refractivity contribution in [1.29, 1.82) is 5.26 Å². The maximum atomic E-state index is 9.52. The van der Waals surface area contributed by atoms with Crippen molar-refractivity contribution in [2.75, 3.05) is 86.7 Å². The highest BCUT2D eigenvalue weighted by Crippen LogP contribution is 2.30. The highest BCUT2D eigenvalue weighted by Gasteiger charge is 2.30. The van der Waals surface area contributed by atoms with Gasteiger partial charge < -0.3 is 24.8 Å². The second kappa shape index (κ2) is 11.1. The van der Waals surface area contributed by atoms with Crippen LogP contribution in [0.25, 0.3) is 10.9 Å². The molecule has 0 spiro atoms. The van der Waals surface area contributed by atoms with Crippen molar-refractivity contribution in [2.24, 2.45) is 0 Å². The number of hydrogen-bond acceptors (Lipinski definition) is 10. The number of nitrogens with one attached hydrogen (secondary N) is 1. The molecule has 0 radical (unpaired) electrons. The Morgan fingerprint density at radius 1 is 0.947 bits per heavy atom. The van der Waals surface area contributed by atoms with Gasteiger partial charge in [0.25, 0.3) is 0 Å². The van der Waals surface area contributed by atoms with E-state index in [9.17, 15) is 5.26 Å². The molecule has 3 aliphatic heterocycles. The van der Waals surface area contributed by atoms with E-state index in [4.69, 9.17) is 9.72 Å². The Hall–Kier alpha value is -3.52. The normalized spacial score (nSPS) is 23.0. The van der Waals surface area contributed by atoms with Gasteiger partial charge in [0, 0.05) is 95.5 Å². The summed E-state index contributed by atoms with van der Waals surface area (Å²) in [7, 11) is 0. The van der Waals surface area contributed by atoms with Crippen LogP contribution in [0.5, 0.6) is 0 Å². The molecule has 3 saturated heterocycles. The molecule has 3 aromatic rings. The Kier molecular flexibility index (Phi) is 7.22. The summed E-state index contributed by atoms with van der Waals surface area (Å²) in [5.74, 6) is 1.85. The summed E-state index contributed by atoms with van der Waals surface area (Å²) in [5, 5.41) is 13.9. The third-order valence-electron chi connectivity index (χ3n) is 7.72. The van der Waals surface area contributed by atoms with E-state index in [1.165, 1.54) is 0 Å².